The highest BCUT2D eigenvalue weighted by atomic mass is 16.6. The van der Waals surface area contributed by atoms with Gasteiger partial charge in [0.05, 0.1) is 38.1 Å². The fourth-order valence-electron chi connectivity index (χ4n) is 1.61. The van der Waals surface area contributed by atoms with Gasteiger partial charge in [0.15, 0.2) is 0 Å². The molecule has 0 aromatic rings. The summed E-state index contributed by atoms with van der Waals surface area (Å²) in [5.74, 6) is 0. The van der Waals surface area contributed by atoms with E-state index in [0.29, 0.717) is 18.3 Å². The van der Waals surface area contributed by atoms with Gasteiger partial charge in [-0.15, -0.1) is 0 Å². The molecule has 74 valence electrons. The highest BCUT2D eigenvalue weighted by molar-refractivity contribution is 4.83. The molecule has 13 heavy (non-hydrogen) atoms. The van der Waals surface area contributed by atoms with E-state index in [9.17, 15) is 0 Å². The lowest BCUT2D eigenvalue weighted by atomic mass is 10.3. The summed E-state index contributed by atoms with van der Waals surface area (Å²) in [5.41, 5.74) is 0. The number of hydrogen-bond acceptors (Lipinski definition) is 4. The quantitative estimate of drug-likeness (QED) is 0.522. The van der Waals surface area contributed by atoms with Crippen LogP contribution < -0.4 is 0 Å². The Bertz CT molecular complexity index is 154. The van der Waals surface area contributed by atoms with Gasteiger partial charge in [0.1, 0.15) is 0 Å². The fraction of sp³-hybridized carbons (Fsp3) is 1.00. The Morgan fingerprint density at radius 2 is 1.08 bits per heavy atom. The fourth-order valence-corrected chi connectivity index (χ4v) is 1.61. The normalized spacial score (nSPS) is 40.8. The van der Waals surface area contributed by atoms with E-state index in [0.717, 1.165) is 39.5 Å². The molecule has 0 aromatic carbocycles. The summed E-state index contributed by atoms with van der Waals surface area (Å²) >= 11 is 0. The number of rotatable bonds is 6. The van der Waals surface area contributed by atoms with Crippen molar-refractivity contribution in [3.05, 3.63) is 0 Å². The summed E-state index contributed by atoms with van der Waals surface area (Å²) in [6, 6.07) is 0. The molecule has 4 nitrogen and oxygen atoms in total. The minimum Gasteiger partial charge on any atom is -0.372 e. The first-order valence-corrected chi connectivity index (χ1v) is 4.97. The molecule has 4 heteroatoms. The first-order chi connectivity index (χ1) is 6.40. The lowest BCUT2D eigenvalue weighted by Crippen LogP contribution is -2.34. The largest absolute Gasteiger partial charge is 0.372 e. The summed E-state index contributed by atoms with van der Waals surface area (Å²) < 4.78 is 15.7. The van der Waals surface area contributed by atoms with Gasteiger partial charge in [-0.1, -0.05) is 0 Å². The maximum atomic E-state index is 5.22. The Hall–Kier alpha value is -0.160. The third-order valence-corrected chi connectivity index (χ3v) is 2.59. The van der Waals surface area contributed by atoms with Crippen molar-refractivity contribution in [1.29, 1.82) is 0 Å². The molecule has 0 aromatic heterocycles. The van der Waals surface area contributed by atoms with E-state index in [-0.39, 0.29) is 0 Å². The zero-order chi connectivity index (χ0) is 8.67. The first kappa shape index (κ1) is 8.17. The summed E-state index contributed by atoms with van der Waals surface area (Å²) in [4.78, 5) is 2.41. The topological polar surface area (TPSA) is 40.8 Å². The van der Waals surface area contributed by atoms with Crippen LogP contribution in [-0.2, 0) is 14.2 Å². The van der Waals surface area contributed by atoms with E-state index < -0.39 is 0 Å². The van der Waals surface area contributed by atoms with Gasteiger partial charge < -0.3 is 14.2 Å². The van der Waals surface area contributed by atoms with E-state index in [2.05, 4.69) is 4.90 Å². The smallest absolute Gasteiger partial charge is 0.0936 e. The van der Waals surface area contributed by atoms with Gasteiger partial charge >= 0.3 is 0 Å². The molecule has 0 bridgehead atoms. The van der Waals surface area contributed by atoms with Crippen molar-refractivity contribution in [3.63, 3.8) is 0 Å². The third-order valence-electron chi connectivity index (χ3n) is 2.59. The lowest BCUT2D eigenvalue weighted by Gasteiger charge is -2.18. The van der Waals surface area contributed by atoms with Gasteiger partial charge in [0.2, 0.25) is 0 Å². The van der Waals surface area contributed by atoms with Gasteiger partial charge in [-0.05, 0) is 0 Å². The monoisotopic (exact) mass is 185 g/mol. The Balaban J connectivity index is 1.45. The van der Waals surface area contributed by atoms with Crippen molar-refractivity contribution in [1.82, 2.24) is 4.90 Å². The highest BCUT2D eigenvalue weighted by Gasteiger charge is 2.34. The van der Waals surface area contributed by atoms with E-state index in [1.165, 1.54) is 0 Å². The van der Waals surface area contributed by atoms with E-state index in [4.69, 9.17) is 14.2 Å². The Labute approximate surface area is 77.7 Å². The molecule has 3 heterocycles. The van der Waals surface area contributed by atoms with Gasteiger partial charge in [-0.25, -0.2) is 0 Å². The molecule has 0 aliphatic carbocycles. The van der Waals surface area contributed by atoms with Crippen molar-refractivity contribution in [2.45, 2.75) is 18.3 Å². The minimum absolute atomic E-state index is 0.484. The molecule has 0 saturated carbocycles. The number of epoxide rings is 3. The molecule has 0 amide bonds. The van der Waals surface area contributed by atoms with Crippen LogP contribution in [0.1, 0.15) is 0 Å². The molecule has 3 rings (SSSR count). The number of nitrogens with zero attached hydrogens (tertiary/aromatic N) is 1. The molecule has 0 N–H and O–H groups in total. The number of ether oxygens (including phenoxy) is 3. The molecule has 3 atom stereocenters. The Kier molecular flexibility index (Phi) is 2.01. The van der Waals surface area contributed by atoms with Gasteiger partial charge in [-0.3, -0.25) is 4.90 Å². The van der Waals surface area contributed by atoms with E-state index in [1.807, 2.05) is 0 Å². The second kappa shape index (κ2) is 3.20. The molecule has 3 saturated heterocycles. The second-order valence-corrected chi connectivity index (χ2v) is 4.08. The lowest BCUT2D eigenvalue weighted by molar-refractivity contribution is 0.202. The maximum Gasteiger partial charge on any atom is 0.0936 e. The molecular weight excluding hydrogens is 170 g/mol. The second-order valence-electron chi connectivity index (χ2n) is 4.08. The Morgan fingerprint density at radius 1 is 0.769 bits per heavy atom. The van der Waals surface area contributed by atoms with Crippen LogP contribution in [0.15, 0.2) is 0 Å². The third kappa shape index (κ3) is 2.64. The van der Waals surface area contributed by atoms with Crippen molar-refractivity contribution in [2.75, 3.05) is 39.5 Å². The van der Waals surface area contributed by atoms with Crippen molar-refractivity contribution in [2.24, 2.45) is 0 Å². The van der Waals surface area contributed by atoms with Gasteiger partial charge in [0.25, 0.3) is 0 Å². The average Bonchev–Trinajstić information content (AvgIpc) is 2.94. The zero-order valence-electron chi connectivity index (χ0n) is 7.65. The van der Waals surface area contributed by atoms with Crippen LogP contribution in [0.25, 0.3) is 0 Å². The van der Waals surface area contributed by atoms with Gasteiger partial charge in [0, 0.05) is 19.6 Å². The van der Waals surface area contributed by atoms with Gasteiger partial charge in [-0.2, -0.15) is 0 Å². The number of hydrogen-bond donors (Lipinski definition) is 0. The summed E-state index contributed by atoms with van der Waals surface area (Å²) in [6.07, 6.45) is 1.45. The first-order valence-electron chi connectivity index (χ1n) is 4.97. The molecule has 2 unspecified atom stereocenters. The van der Waals surface area contributed by atoms with Crippen molar-refractivity contribution in [3.8, 4) is 0 Å². The van der Waals surface area contributed by atoms with Crippen LogP contribution in [0.3, 0.4) is 0 Å². The molecule has 3 fully saturated rings. The van der Waals surface area contributed by atoms with Crippen LogP contribution in [0.2, 0.25) is 0 Å². The standard InChI is InChI=1S/C9H15NO3/c1(7-4-11-7)10(2-8-5-12-8)3-9-6-13-9/h7-9H,1-6H2/t7-,8?,9?/m1/s1. The summed E-state index contributed by atoms with van der Waals surface area (Å²) in [7, 11) is 0. The van der Waals surface area contributed by atoms with Crippen LogP contribution in [0.5, 0.6) is 0 Å². The highest BCUT2D eigenvalue weighted by Crippen LogP contribution is 2.18. The summed E-state index contributed by atoms with van der Waals surface area (Å²) in [6.45, 7) is 5.98. The SMILES string of the molecule is C1OC1CN(CC1CO1)C[C@@H]1CO1. The predicted octanol–water partition coefficient (Wildman–Crippen LogP) is -0.515. The molecular formula is C9H15NO3. The van der Waals surface area contributed by atoms with E-state index in [1.54, 1.807) is 0 Å². The van der Waals surface area contributed by atoms with Crippen LogP contribution in [0.4, 0.5) is 0 Å². The van der Waals surface area contributed by atoms with Crippen LogP contribution in [0, 0.1) is 0 Å². The maximum absolute atomic E-state index is 5.22. The summed E-state index contributed by atoms with van der Waals surface area (Å²) in [5, 5.41) is 0. The average molecular weight is 185 g/mol. The zero-order valence-corrected chi connectivity index (χ0v) is 7.65. The Morgan fingerprint density at radius 3 is 1.31 bits per heavy atom. The van der Waals surface area contributed by atoms with Crippen LogP contribution >= 0.6 is 0 Å². The molecule has 0 spiro atoms. The molecule has 0 radical (unpaired) electrons. The predicted molar refractivity (Wildman–Crippen MR) is 45.7 cm³/mol. The molecule has 3 aliphatic heterocycles. The van der Waals surface area contributed by atoms with Crippen LogP contribution in [-0.4, -0.2) is 62.7 Å². The van der Waals surface area contributed by atoms with Crippen molar-refractivity contribution >= 4 is 0 Å². The van der Waals surface area contributed by atoms with Crippen molar-refractivity contribution < 1.29 is 14.2 Å². The van der Waals surface area contributed by atoms with E-state index >= 15 is 0 Å². The molecule has 3 aliphatic rings. The minimum atomic E-state index is 0.484.